The summed E-state index contributed by atoms with van der Waals surface area (Å²) in [6.07, 6.45) is 8.07. The molecule has 1 N–H and O–H groups in total. The van der Waals surface area contributed by atoms with Crippen LogP contribution in [0.25, 0.3) is 10.9 Å². The van der Waals surface area contributed by atoms with Crippen molar-refractivity contribution in [2.75, 3.05) is 6.54 Å². The van der Waals surface area contributed by atoms with Crippen LogP contribution in [0.3, 0.4) is 0 Å². The molecule has 0 amide bonds. The second kappa shape index (κ2) is 3.59. The number of pyridine rings is 2. The van der Waals surface area contributed by atoms with E-state index in [2.05, 4.69) is 21.4 Å². The Labute approximate surface area is 88.6 Å². The molecular formula is C12H13N3. The van der Waals surface area contributed by atoms with Crippen molar-refractivity contribution in [2.24, 2.45) is 0 Å². The summed E-state index contributed by atoms with van der Waals surface area (Å²) in [7, 11) is 0. The molecule has 3 heterocycles. The van der Waals surface area contributed by atoms with Gasteiger partial charge in [-0.15, -0.1) is 0 Å². The summed E-state index contributed by atoms with van der Waals surface area (Å²) < 4.78 is 0. The largest absolute Gasteiger partial charge is 0.310 e. The predicted molar refractivity (Wildman–Crippen MR) is 59.5 cm³/mol. The van der Waals surface area contributed by atoms with Crippen molar-refractivity contribution >= 4 is 10.9 Å². The van der Waals surface area contributed by atoms with Crippen molar-refractivity contribution in [1.82, 2.24) is 15.3 Å². The number of aromatic nitrogens is 2. The molecule has 15 heavy (non-hydrogen) atoms. The first kappa shape index (κ1) is 8.80. The van der Waals surface area contributed by atoms with Crippen LogP contribution in [-0.2, 0) is 0 Å². The Morgan fingerprint density at radius 3 is 3.20 bits per heavy atom. The molecule has 1 atom stereocenters. The Bertz CT molecular complexity index is 475. The molecule has 0 aliphatic carbocycles. The van der Waals surface area contributed by atoms with Crippen LogP contribution in [0.5, 0.6) is 0 Å². The van der Waals surface area contributed by atoms with Crippen molar-refractivity contribution in [2.45, 2.75) is 18.9 Å². The van der Waals surface area contributed by atoms with Gasteiger partial charge in [0.1, 0.15) is 0 Å². The summed E-state index contributed by atoms with van der Waals surface area (Å²) in [4.78, 5) is 8.49. The molecule has 3 rings (SSSR count). The van der Waals surface area contributed by atoms with E-state index in [1.807, 2.05) is 18.5 Å². The lowest BCUT2D eigenvalue weighted by Crippen LogP contribution is -2.12. The maximum atomic E-state index is 4.42. The lowest BCUT2D eigenvalue weighted by molar-refractivity contribution is 0.646. The van der Waals surface area contributed by atoms with Crippen molar-refractivity contribution in [3.63, 3.8) is 0 Å². The highest BCUT2D eigenvalue weighted by Gasteiger charge is 2.16. The second-order valence-corrected chi connectivity index (χ2v) is 3.99. The van der Waals surface area contributed by atoms with Crippen LogP contribution < -0.4 is 5.32 Å². The van der Waals surface area contributed by atoms with Crippen LogP contribution in [0.2, 0.25) is 0 Å². The molecule has 0 aromatic carbocycles. The van der Waals surface area contributed by atoms with Gasteiger partial charge in [0.15, 0.2) is 0 Å². The highest BCUT2D eigenvalue weighted by molar-refractivity contribution is 5.77. The highest BCUT2D eigenvalue weighted by atomic mass is 14.9. The number of rotatable bonds is 1. The van der Waals surface area contributed by atoms with E-state index in [1.54, 1.807) is 6.20 Å². The van der Waals surface area contributed by atoms with Gasteiger partial charge in [0.2, 0.25) is 0 Å². The van der Waals surface area contributed by atoms with Crippen LogP contribution in [0.1, 0.15) is 24.4 Å². The molecule has 3 heteroatoms. The van der Waals surface area contributed by atoms with E-state index < -0.39 is 0 Å². The summed E-state index contributed by atoms with van der Waals surface area (Å²) in [5, 5.41) is 4.66. The van der Waals surface area contributed by atoms with E-state index >= 15 is 0 Å². The number of nitrogens with one attached hydrogen (secondary N) is 1. The van der Waals surface area contributed by atoms with Crippen LogP contribution in [0, 0.1) is 0 Å². The molecule has 2 aromatic rings. The Morgan fingerprint density at radius 1 is 1.33 bits per heavy atom. The van der Waals surface area contributed by atoms with E-state index in [1.165, 1.54) is 23.8 Å². The third-order valence-electron chi connectivity index (χ3n) is 2.97. The third kappa shape index (κ3) is 1.59. The average molecular weight is 199 g/mol. The average Bonchev–Trinajstić information content (AvgIpc) is 2.82. The Kier molecular flexibility index (Phi) is 2.10. The van der Waals surface area contributed by atoms with Gasteiger partial charge < -0.3 is 5.32 Å². The standard InChI is InChI=1S/C12H13N3/c1-2-11(14-4-1)10-6-9-3-5-13-8-12(9)15-7-10/h3,5-8,11,14H,1-2,4H2. The van der Waals surface area contributed by atoms with Crippen molar-refractivity contribution < 1.29 is 0 Å². The zero-order valence-electron chi connectivity index (χ0n) is 8.48. The molecule has 0 spiro atoms. The minimum Gasteiger partial charge on any atom is -0.310 e. The summed E-state index contributed by atoms with van der Waals surface area (Å²) >= 11 is 0. The van der Waals surface area contributed by atoms with Crippen molar-refractivity contribution in [3.8, 4) is 0 Å². The highest BCUT2D eigenvalue weighted by Crippen LogP contribution is 2.24. The molecule has 0 saturated carbocycles. The van der Waals surface area contributed by atoms with Gasteiger partial charge in [-0.05, 0) is 37.1 Å². The number of hydrogen-bond donors (Lipinski definition) is 1. The first-order chi connectivity index (χ1) is 7.43. The lowest BCUT2D eigenvalue weighted by atomic mass is 10.1. The summed E-state index contributed by atoms with van der Waals surface area (Å²) in [5.41, 5.74) is 2.27. The number of nitrogens with zero attached hydrogens (tertiary/aromatic N) is 2. The Balaban J connectivity index is 2.05. The summed E-state index contributed by atoms with van der Waals surface area (Å²) in [5.74, 6) is 0. The SMILES string of the molecule is c1cc2cc(C3CCCN3)cnc2cn1. The first-order valence-electron chi connectivity index (χ1n) is 5.36. The molecule has 1 unspecified atom stereocenters. The van der Waals surface area contributed by atoms with E-state index in [4.69, 9.17) is 0 Å². The summed E-state index contributed by atoms with van der Waals surface area (Å²) in [6, 6.07) is 4.73. The van der Waals surface area contributed by atoms with Crippen LogP contribution in [0.15, 0.2) is 30.7 Å². The minimum atomic E-state index is 0.495. The molecular weight excluding hydrogens is 186 g/mol. The van der Waals surface area contributed by atoms with Crippen molar-refractivity contribution in [1.29, 1.82) is 0 Å². The molecule has 3 nitrogen and oxygen atoms in total. The Hall–Kier alpha value is -1.48. The maximum absolute atomic E-state index is 4.42. The zero-order chi connectivity index (χ0) is 10.1. The molecule has 1 saturated heterocycles. The van der Waals surface area contributed by atoms with E-state index in [9.17, 15) is 0 Å². The van der Waals surface area contributed by atoms with Crippen LogP contribution in [0.4, 0.5) is 0 Å². The maximum Gasteiger partial charge on any atom is 0.0885 e. The quantitative estimate of drug-likeness (QED) is 0.763. The molecule has 76 valence electrons. The first-order valence-corrected chi connectivity index (χ1v) is 5.36. The minimum absolute atomic E-state index is 0.495. The molecule has 0 bridgehead atoms. The Morgan fingerprint density at radius 2 is 2.33 bits per heavy atom. The van der Waals surface area contributed by atoms with E-state index in [-0.39, 0.29) is 0 Å². The van der Waals surface area contributed by atoms with Gasteiger partial charge in [-0.3, -0.25) is 9.97 Å². The van der Waals surface area contributed by atoms with Gasteiger partial charge in [-0.1, -0.05) is 0 Å². The molecule has 1 aliphatic rings. The van der Waals surface area contributed by atoms with Gasteiger partial charge in [0, 0.05) is 23.8 Å². The number of hydrogen-bond acceptors (Lipinski definition) is 3. The monoisotopic (exact) mass is 199 g/mol. The van der Waals surface area contributed by atoms with Gasteiger partial charge in [0.05, 0.1) is 11.7 Å². The normalized spacial score (nSPS) is 20.9. The third-order valence-corrected chi connectivity index (χ3v) is 2.97. The van der Waals surface area contributed by atoms with Gasteiger partial charge in [0.25, 0.3) is 0 Å². The summed E-state index contributed by atoms with van der Waals surface area (Å²) in [6.45, 7) is 1.12. The van der Waals surface area contributed by atoms with Crippen LogP contribution >= 0.6 is 0 Å². The van der Waals surface area contributed by atoms with Gasteiger partial charge in [-0.25, -0.2) is 0 Å². The lowest BCUT2D eigenvalue weighted by Gasteiger charge is -2.10. The predicted octanol–water partition coefficient (Wildman–Crippen LogP) is 2.05. The fraction of sp³-hybridized carbons (Fsp3) is 0.333. The second-order valence-electron chi connectivity index (χ2n) is 3.99. The molecule has 0 radical (unpaired) electrons. The van der Waals surface area contributed by atoms with Crippen molar-refractivity contribution in [3.05, 3.63) is 36.3 Å². The van der Waals surface area contributed by atoms with E-state index in [0.717, 1.165) is 12.1 Å². The smallest absolute Gasteiger partial charge is 0.0885 e. The van der Waals surface area contributed by atoms with E-state index in [0.29, 0.717) is 6.04 Å². The van der Waals surface area contributed by atoms with Crippen LogP contribution in [-0.4, -0.2) is 16.5 Å². The fourth-order valence-corrected chi connectivity index (χ4v) is 2.15. The van der Waals surface area contributed by atoms with Gasteiger partial charge in [-0.2, -0.15) is 0 Å². The van der Waals surface area contributed by atoms with Gasteiger partial charge >= 0.3 is 0 Å². The zero-order valence-corrected chi connectivity index (χ0v) is 8.48. The molecule has 1 fully saturated rings. The number of fused-ring (bicyclic) bond motifs is 1. The molecule has 2 aromatic heterocycles. The fourth-order valence-electron chi connectivity index (χ4n) is 2.15. The molecule has 1 aliphatic heterocycles. The topological polar surface area (TPSA) is 37.8 Å².